The van der Waals surface area contributed by atoms with Gasteiger partial charge < -0.3 is 5.11 Å². The molecule has 0 aromatic heterocycles. The van der Waals surface area contributed by atoms with E-state index in [9.17, 15) is 4.79 Å². The molecule has 1 aliphatic rings. The van der Waals surface area contributed by atoms with Gasteiger partial charge in [0.1, 0.15) is 6.04 Å². The van der Waals surface area contributed by atoms with Crippen LogP contribution in [-0.4, -0.2) is 28.2 Å². The zero-order valence-corrected chi connectivity index (χ0v) is 5.94. The molecule has 1 heterocycles. The third-order valence-corrected chi connectivity index (χ3v) is 2.41. The van der Waals surface area contributed by atoms with Crippen LogP contribution in [0.1, 0.15) is 6.92 Å². The topological polar surface area (TPSA) is 49.3 Å². The fourth-order valence-electron chi connectivity index (χ4n) is 0.763. The molecule has 0 spiro atoms. The summed E-state index contributed by atoms with van der Waals surface area (Å²) in [7, 11) is 0. The van der Waals surface area contributed by atoms with E-state index in [2.05, 4.69) is 5.32 Å². The summed E-state index contributed by atoms with van der Waals surface area (Å²) < 4.78 is 0. The number of nitrogens with one attached hydrogen (secondary N) is 1. The van der Waals surface area contributed by atoms with E-state index >= 15 is 0 Å². The molecule has 2 atom stereocenters. The maximum atomic E-state index is 10.3. The van der Waals surface area contributed by atoms with Crippen LogP contribution in [0.5, 0.6) is 0 Å². The van der Waals surface area contributed by atoms with Crippen molar-refractivity contribution < 1.29 is 9.90 Å². The molecule has 1 rings (SSSR count). The van der Waals surface area contributed by atoms with Gasteiger partial charge in [-0.2, -0.15) is 0 Å². The van der Waals surface area contributed by atoms with Crippen molar-refractivity contribution in [1.82, 2.24) is 5.32 Å². The number of aliphatic carboxylic acids is 1. The van der Waals surface area contributed by atoms with Crippen LogP contribution in [0, 0.1) is 0 Å². The molecule has 1 saturated heterocycles. The van der Waals surface area contributed by atoms with Gasteiger partial charge in [-0.15, -0.1) is 11.8 Å². The van der Waals surface area contributed by atoms with Gasteiger partial charge in [-0.3, -0.25) is 10.1 Å². The summed E-state index contributed by atoms with van der Waals surface area (Å²) in [6.07, 6.45) is 0. The Morgan fingerprint density at radius 1 is 1.89 bits per heavy atom. The summed E-state index contributed by atoms with van der Waals surface area (Å²) >= 11 is 1.64. The Morgan fingerprint density at radius 3 is 2.78 bits per heavy atom. The van der Waals surface area contributed by atoms with Crippen LogP contribution in [0.25, 0.3) is 0 Å². The Balaban J connectivity index is 2.39. The molecule has 0 amide bonds. The van der Waals surface area contributed by atoms with Crippen LogP contribution in [-0.2, 0) is 4.79 Å². The molecule has 0 saturated carbocycles. The zero-order chi connectivity index (χ0) is 6.85. The Kier molecular flexibility index (Phi) is 1.97. The number of thioether (sulfide) groups is 1. The molecule has 0 bridgehead atoms. The minimum atomic E-state index is -0.744. The molecule has 4 heteroatoms. The predicted molar refractivity (Wildman–Crippen MR) is 36.5 cm³/mol. The van der Waals surface area contributed by atoms with E-state index in [1.165, 1.54) is 0 Å². The molecule has 0 radical (unpaired) electrons. The lowest BCUT2D eigenvalue weighted by molar-refractivity contribution is -0.138. The summed E-state index contributed by atoms with van der Waals surface area (Å²) in [5, 5.41) is 11.7. The number of rotatable bonds is 1. The van der Waals surface area contributed by atoms with Crippen molar-refractivity contribution in [3.63, 3.8) is 0 Å². The van der Waals surface area contributed by atoms with E-state index in [1.54, 1.807) is 11.8 Å². The second-order valence-electron chi connectivity index (χ2n) is 2.03. The van der Waals surface area contributed by atoms with Gasteiger partial charge in [0.15, 0.2) is 0 Å². The van der Waals surface area contributed by atoms with Gasteiger partial charge in [-0.25, -0.2) is 0 Å². The van der Waals surface area contributed by atoms with Crippen molar-refractivity contribution >= 4 is 17.7 Å². The van der Waals surface area contributed by atoms with Crippen molar-refractivity contribution in [1.29, 1.82) is 0 Å². The molecule has 1 fully saturated rings. The SMILES string of the molecule is C[C@@H]1N[C@@H](C(=O)O)CS1. The summed E-state index contributed by atoms with van der Waals surface area (Å²) in [5.41, 5.74) is 0. The summed E-state index contributed by atoms with van der Waals surface area (Å²) in [6.45, 7) is 1.97. The maximum Gasteiger partial charge on any atom is 0.321 e. The van der Waals surface area contributed by atoms with Gasteiger partial charge in [0.2, 0.25) is 0 Å². The number of carboxylic acids is 1. The van der Waals surface area contributed by atoms with E-state index in [0.29, 0.717) is 11.1 Å². The van der Waals surface area contributed by atoms with E-state index < -0.39 is 5.97 Å². The second-order valence-corrected chi connectivity index (χ2v) is 3.41. The number of carboxylic acid groups (broad SMARTS) is 1. The second kappa shape index (κ2) is 2.58. The van der Waals surface area contributed by atoms with Crippen LogP contribution in [0.15, 0.2) is 0 Å². The Bertz CT molecular complexity index is 128. The van der Waals surface area contributed by atoms with Crippen LogP contribution >= 0.6 is 11.8 Å². The summed E-state index contributed by atoms with van der Waals surface area (Å²) in [4.78, 5) is 10.3. The monoisotopic (exact) mass is 147 g/mol. The third-order valence-electron chi connectivity index (χ3n) is 1.25. The predicted octanol–water partition coefficient (Wildman–Crippen LogP) is 0.122. The average Bonchev–Trinajstić information content (AvgIpc) is 2.14. The molecule has 3 nitrogen and oxygen atoms in total. The first kappa shape index (κ1) is 6.89. The fraction of sp³-hybridized carbons (Fsp3) is 0.800. The molecule has 1 aliphatic heterocycles. The van der Waals surface area contributed by atoms with Crippen LogP contribution < -0.4 is 5.32 Å². The Hall–Kier alpha value is -0.220. The van der Waals surface area contributed by atoms with Crippen molar-refractivity contribution in [2.45, 2.75) is 18.3 Å². The van der Waals surface area contributed by atoms with Gasteiger partial charge in [0, 0.05) is 5.75 Å². The maximum absolute atomic E-state index is 10.3. The highest BCUT2D eigenvalue weighted by Crippen LogP contribution is 2.17. The molecule has 2 N–H and O–H groups in total. The molecule has 0 aromatic rings. The normalized spacial score (nSPS) is 34.8. The number of hydrogen-bond acceptors (Lipinski definition) is 3. The van der Waals surface area contributed by atoms with Gasteiger partial charge >= 0.3 is 5.97 Å². The molecule has 9 heavy (non-hydrogen) atoms. The van der Waals surface area contributed by atoms with Crippen LogP contribution in [0.3, 0.4) is 0 Å². The highest BCUT2D eigenvalue weighted by atomic mass is 32.2. The lowest BCUT2D eigenvalue weighted by Gasteiger charge is -2.02. The smallest absolute Gasteiger partial charge is 0.321 e. The van der Waals surface area contributed by atoms with Gasteiger partial charge in [0.25, 0.3) is 0 Å². The first-order chi connectivity index (χ1) is 4.20. The Labute approximate surface area is 57.8 Å². The molecule has 52 valence electrons. The molecule has 0 aliphatic carbocycles. The van der Waals surface area contributed by atoms with Crippen molar-refractivity contribution in [2.75, 3.05) is 5.75 Å². The van der Waals surface area contributed by atoms with Gasteiger partial charge in [-0.05, 0) is 6.92 Å². The quantitative estimate of drug-likeness (QED) is 0.553. The van der Waals surface area contributed by atoms with Crippen molar-refractivity contribution in [2.24, 2.45) is 0 Å². The highest BCUT2D eigenvalue weighted by Gasteiger charge is 2.25. The summed E-state index contributed by atoms with van der Waals surface area (Å²) in [6, 6.07) is -0.329. The minimum Gasteiger partial charge on any atom is -0.480 e. The largest absolute Gasteiger partial charge is 0.480 e. The van der Waals surface area contributed by atoms with E-state index in [0.717, 1.165) is 0 Å². The van der Waals surface area contributed by atoms with E-state index in [1.807, 2.05) is 6.92 Å². The van der Waals surface area contributed by atoms with Crippen LogP contribution in [0.2, 0.25) is 0 Å². The molecular formula is C5H9NO2S. The molecule has 0 aromatic carbocycles. The summed E-state index contributed by atoms with van der Waals surface area (Å²) in [5.74, 6) is -0.0527. The lowest BCUT2D eigenvalue weighted by atomic mass is 10.3. The van der Waals surface area contributed by atoms with E-state index in [4.69, 9.17) is 5.11 Å². The zero-order valence-electron chi connectivity index (χ0n) is 5.13. The van der Waals surface area contributed by atoms with E-state index in [-0.39, 0.29) is 6.04 Å². The highest BCUT2D eigenvalue weighted by molar-refractivity contribution is 8.00. The Morgan fingerprint density at radius 2 is 2.56 bits per heavy atom. The first-order valence-corrected chi connectivity index (χ1v) is 3.85. The third kappa shape index (κ3) is 1.59. The molecular weight excluding hydrogens is 138 g/mol. The van der Waals surface area contributed by atoms with Crippen molar-refractivity contribution in [3.8, 4) is 0 Å². The number of hydrogen-bond donors (Lipinski definition) is 2. The fourth-order valence-corrected chi connectivity index (χ4v) is 1.74. The lowest BCUT2D eigenvalue weighted by Crippen LogP contribution is -2.35. The van der Waals surface area contributed by atoms with Gasteiger partial charge in [0.05, 0.1) is 5.37 Å². The number of carbonyl (C=O) groups is 1. The first-order valence-electron chi connectivity index (χ1n) is 2.80. The van der Waals surface area contributed by atoms with Crippen LogP contribution in [0.4, 0.5) is 0 Å². The minimum absolute atomic E-state index is 0.297. The van der Waals surface area contributed by atoms with Gasteiger partial charge in [-0.1, -0.05) is 0 Å². The van der Waals surface area contributed by atoms with Crippen molar-refractivity contribution in [3.05, 3.63) is 0 Å². The standard InChI is InChI=1S/C5H9NO2S/c1-3-6-4(2-9-3)5(7)8/h3-4,6H,2H2,1H3,(H,7,8)/t3-,4-/m1/s1. The molecule has 0 unspecified atom stereocenters. The average molecular weight is 147 g/mol.